The summed E-state index contributed by atoms with van der Waals surface area (Å²) in [5.74, 6) is -0.371. The minimum absolute atomic E-state index is 0.0554. The minimum atomic E-state index is -0.409. The van der Waals surface area contributed by atoms with Gasteiger partial charge in [0.2, 0.25) is 0 Å². The lowest BCUT2D eigenvalue weighted by Crippen LogP contribution is -2.35. The van der Waals surface area contributed by atoms with Gasteiger partial charge in [0.25, 0.3) is 5.91 Å². The molecule has 0 aromatic heterocycles. The van der Waals surface area contributed by atoms with Crippen LogP contribution < -0.4 is 5.32 Å². The molecule has 1 aromatic rings. The number of aliphatic hydroxyl groups is 1. The monoisotopic (exact) mass is 329 g/mol. The van der Waals surface area contributed by atoms with Gasteiger partial charge in [-0.25, -0.2) is 0 Å². The number of benzene rings is 1. The number of hydrogen-bond acceptors (Lipinski definition) is 3. The van der Waals surface area contributed by atoms with Crippen LogP contribution in [0.15, 0.2) is 22.7 Å². The van der Waals surface area contributed by atoms with Crippen LogP contribution in [0.5, 0.6) is 5.75 Å². The van der Waals surface area contributed by atoms with Crippen LogP contribution in [0.3, 0.4) is 0 Å². The van der Waals surface area contributed by atoms with Crippen LogP contribution in [-0.4, -0.2) is 28.8 Å². The number of halogens is 1. The van der Waals surface area contributed by atoms with E-state index >= 15 is 0 Å². The number of rotatable bonds is 5. The van der Waals surface area contributed by atoms with Crippen molar-refractivity contribution in [2.24, 2.45) is 5.41 Å². The van der Waals surface area contributed by atoms with Crippen molar-refractivity contribution in [3.8, 4) is 5.75 Å². The van der Waals surface area contributed by atoms with Gasteiger partial charge in [0.15, 0.2) is 0 Å². The predicted molar refractivity (Wildman–Crippen MR) is 78.2 cm³/mol. The van der Waals surface area contributed by atoms with Crippen LogP contribution >= 0.6 is 15.9 Å². The number of aliphatic hydroxyl groups excluding tert-OH is 1. The molecule has 0 aliphatic heterocycles. The highest BCUT2D eigenvalue weighted by Crippen LogP contribution is 2.24. The molecular formula is C14H20BrNO3. The smallest absolute Gasteiger partial charge is 0.255 e. The summed E-state index contributed by atoms with van der Waals surface area (Å²) in [5, 5.41) is 21.9. The molecule has 1 atom stereocenters. The fourth-order valence-electron chi connectivity index (χ4n) is 1.98. The Morgan fingerprint density at radius 1 is 1.47 bits per heavy atom. The Labute approximate surface area is 122 Å². The molecule has 0 aliphatic rings. The summed E-state index contributed by atoms with van der Waals surface area (Å²) in [6.45, 7) is 6.11. The minimum Gasteiger partial charge on any atom is -0.507 e. The molecule has 3 N–H and O–H groups in total. The molecular weight excluding hydrogens is 310 g/mol. The van der Waals surface area contributed by atoms with Gasteiger partial charge in [-0.15, -0.1) is 0 Å². The number of aromatic hydroxyl groups is 1. The van der Waals surface area contributed by atoms with Crippen molar-refractivity contribution >= 4 is 21.8 Å². The molecule has 5 heteroatoms. The van der Waals surface area contributed by atoms with Crippen LogP contribution in [0, 0.1) is 5.41 Å². The Kier molecular flexibility index (Phi) is 5.38. The first-order chi connectivity index (χ1) is 8.71. The highest BCUT2D eigenvalue weighted by molar-refractivity contribution is 9.10. The summed E-state index contributed by atoms with van der Waals surface area (Å²) in [5.41, 5.74) is 0.0467. The highest BCUT2D eigenvalue weighted by Gasteiger charge is 2.22. The van der Waals surface area contributed by atoms with Crippen LogP contribution in [0.4, 0.5) is 0 Å². The van der Waals surface area contributed by atoms with E-state index in [9.17, 15) is 15.0 Å². The molecule has 106 valence electrons. The van der Waals surface area contributed by atoms with E-state index in [4.69, 9.17) is 0 Å². The summed E-state index contributed by atoms with van der Waals surface area (Å²) >= 11 is 3.22. The van der Waals surface area contributed by atoms with Gasteiger partial charge in [-0.05, 0) is 37.0 Å². The third-order valence-corrected chi connectivity index (χ3v) is 3.27. The predicted octanol–water partition coefficient (Wildman–Crippen LogP) is 2.68. The number of carbonyl (C=O) groups excluding carboxylic acids is 1. The van der Waals surface area contributed by atoms with E-state index in [1.807, 2.05) is 13.8 Å². The molecule has 0 saturated carbocycles. The molecule has 0 bridgehead atoms. The fraction of sp³-hybridized carbons (Fsp3) is 0.500. The molecule has 0 aliphatic carbocycles. The van der Waals surface area contributed by atoms with Gasteiger partial charge in [0.1, 0.15) is 5.75 Å². The molecule has 0 fully saturated rings. The maximum absolute atomic E-state index is 12.0. The lowest BCUT2D eigenvalue weighted by molar-refractivity contribution is 0.0899. The van der Waals surface area contributed by atoms with Crippen LogP contribution in [-0.2, 0) is 0 Å². The van der Waals surface area contributed by atoms with Crippen molar-refractivity contribution < 1.29 is 15.0 Å². The van der Waals surface area contributed by atoms with Gasteiger partial charge < -0.3 is 15.5 Å². The van der Waals surface area contributed by atoms with Crippen LogP contribution in [0.25, 0.3) is 0 Å². The lowest BCUT2D eigenvalue weighted by Gasteiger charge is -2.26. The Morgan fingerprint density at radius 3 is 2.63 bits per heavy atom. The van der Waals surface area contributed by atoms with Gasteiger partial charge in [-0.3, -0.25) is 4.79 Å². The van der Waals surface area contributed by atoms with Crippen molar-refractivity contribution in [2.45, 2.75) is 33.3 Å². The molecule has 0 radical (unpaired) electrons. The summed E-state index contributed by atoms with van der Waals surface area (Å²) in [6.07, 6.45) is 0.188. The zero-order valence-electron chi connectivity index (χ0n) is 11.4. The molecule has 19 heavy (non-hydrogen) atoms. The van der Waals surface area contributed by atoms with Crippen LogP contribution in [0.2, 0.25) is 0 Å². The maximum Gasteiger partial charge on any atom is 0.255 e. The standard InChI is InChI=1S/C14H20BrNO3/c1-9(17)7-14(2,3)8-16-13(19)11-5-4-10(15)6-12(11)18/h4-6,9,17-18H,7-8H2,1-3H3,(H,16,19). The van der Waals surface area contributed by atoms with Gasteiger partial charge >= 0.3 is 0 Å². The second-order valence-corrected chi connectivity index (χ2v) is 6.48. The molecule has 1 aromatic carbocycles. The van der Waals surface area contributed by atoms with Crippen molar-refractivity contribution in [1.82, 2.24) is 5.32 Å². The van der Waals surface area contributed by atoms with Crippen molar-refractivity contribution in [2.75, 3.05) is 6.54 Å². The van der Waals surface area contributed by atoms with E-state index in [0.717, 1.165) is 4.47 Å². The number of phenols is 1. The van der Waals surface area contributed by atoms with Crippen LogP contribution in [0.1, 0.15) is 37.6 Å². The number of phenolic OH excluding ortho intramolecular Hbond substituents is 1. The molecule has 1 unspecified atom stereocenters. The number of amides is 1. The second-order valence-electron chi connectivity index (χ2n) is 5.56. The van der Waals surface area contributed by atoms with E-state index in [-0.39, 0.29) is 22.6 Å². The zero-order chi connectivity index (χ0) is 14.6. The maximum atomic E-state index is 12.0. The Balaban J connectivity index is 2.65. The summed E-state index contributed by atoms with van der Waals surface area (Å²) < 4.78 is 0.719. The van der Waals surface area contributed by atoms with Gasteiger partial charge in [-0.2, -0.15) is 0 Å². The van der Waals surface area contributed by atoms with E-state index in [2.05, 4.69) is 21.2 Å². The van der Waals surface area contributed by atoms with E-state index < -0.39 is 6.10 Å². The van der Waals surface area contributed by atoms with E-state index in [1.54, 1.807) is 19.1 Å². The van der Waals surface area contributed by atoms with Gasteiger partial charge in [0.05, 0.1) is 11.7 Å². The van der Waals surface area contributed by atoms with E-state index in [0.29, 0.717) is 13.0 Å². The average molecular weight is 330 g/mol. The van der Waals surface area contributed by atoms with E-state index in [1.165, 1.54) is 6.07 Å². The average Bonchev–Trinajstić information content (AvgIpc) is 2.24. The number of nitrogens with one attached hydrogen (secondary N) is 1. The first kappa shape index (κ1) is 16.0. The SMILES string of the molecule is CC(O)CC(C)(C)CNC(=O)c1ccc(Br)cc1O. The molecule has 4 nitrogen and oxygen atoms in total. The van der Waals surface area contributed by atoms with Crippen molar-refractivity contribution in [1.29, 1.82) is 0 Å². The molecule has 0 saturated heterocycles. The zero-order valence-corrected chi connectivity index (χ0v) is 13.0. The number of hydrogen-bond donors (Lipinski definition) is 3. The fourth-order valence-corrected chi connectivity index (χ4v) is 2.33. The topological polar surface area (TPSA) is 69.6 Å². The largest absolute Gasteiger partial charge is 0.507 e. The summed E-state index contributed by atoms with van der Waals surface area (Å²) in [4.78, 5) is 12.0. The molecule has 1 amide bonds. The van der Waals surface area contributed by atoms with Crippen molar-refractivity contribution in [3.05, 3.63) is 28.2 Å². The Hall–Kier alpha value is -1.07. The Morgan fingerprint density at radius 2 is 2.11 bits per heavy atom. The van der Waals surface area contributed by atoms with Gasteiger partial charge in [-0.1, -0.05) is 29.8 Å². The quantitative estimate of drug-likeness (QED) is 0.777. The summed E-state index contributed by atoms with van der Waals surface area (Å²) in [6, 6.07) is 4.75. The molecule has 1 rings (SSSR count). The molecule has 0 spiro atoms. The Bertz CT molecular complexity index is 458. The second kappa shape index (κ2) is 6.39. The summed E-state index contributed by atoms with van der Waals surface area (Å²) in [7, 11) is 0. The molecule has 0 heterocycles. The lowest BCUT2D eigenvalue weighted by atomic mass is 9.87. The van der Waals surface area contributed by atoms with Gasteiger partial charge in [0, 0.05) is 11.0 Å². The highest BCUT2D eigenvalue weighted by atomic mass is 79.9. The third kappa shape index (κ3) is 5.20. The normalized spacial score (nSPS) is 13.1. The first-order valence-corrected chi connectivity index (χ1v) is 6.95. The first-order valence-electron chi connectivity index (χ1n) is 6.16. The van der Waals surface area contributed by atoms with Crippen molar-refractivity contribution in [3.63, 3.8) is 0 Å². The number of carbonyl (C=O) groups is 1. The third-order valence-electron chi connectivity index (χ3n) is 2.78.